The second-order valence-electron chi connectivity index (χ2n) is 6.51. The van der Waals surface area contributed by atoms with Crippen LogP contribution < -0.4 is 11.2 Å². The van der Waals surface area contributed by atoms with Crippen LogP contribution in [0.1, 0.15) is 11.1 Å². The highest BCUT2D eigenvalue weighted by Crippen LogP contribution is 2.25. The first-order chi connectivity index (χ1) is 12.9. The van der Waals surface area contributed by atoms with Gasteiger partial charge in [0.25, 0.3) is 5.56 Å². The number of halogens is 1. The van der Waals surface area contributed by atoms with Gasteiger partial charge in [0.15, 0.2) is 11.2 Å². The molecule has 0 amide bonds. The number of hydrogen-bond acceptors (Lipinski definition) is 3. The summed E-state index contributed by atoms with van der Waals surface area (Å²) >= 11 is 5.99. The minimum Gasteiger partial charge on any atom is -0.305 e. The molecule has 2 aromatic carbocycles. The standard InChI is InChI=1S/C20H17ClN4O2/c1-12-4-3-5-14(10-12)17-22-16-18(26)23-20(27)24(2)19(16)25(17)11-13-6-8-15(21)9-7-13/h3-10H,11H2,1-2H3,(H,23,26,27). The van der Waals surface area contributed by atoms with Gasteiger partial charge in [0.1, 0.15) is 5.82 Å². The van der Waals surface area contributed by atoms with Gasteiger partial charge in [-0.05, 0) is 30.7 Å². The van der Waals surface area contributed by atoms with E-state index in [0.717, 1.165) is 16.7 Å². The number of rotatable bonds is 3. The Morgan fingerprint density at radius 3 is 2.56 bits per heavy atom. The van der Waals surface area contributed by atoms with Gasteiger partial charge >= 0.3 is 5.69 Å². The van der Waals surface area contributed by atoms with E-state index in [4.69, 9.17) is 11.6 Å². The molecule has 4 rings (SSSR count). The number of H-pyrrole nitrogens is 1. The van der Waals surface area contributed by atoms with Crippen LogP contribution in [0, 0.1) is 6.92 Å². The molecule has 0 aliphatic rings. The number of aryl methyl sites for hydroxylation is 2. The summed E-state index contributed by atoms with van der Waals surface area (Å²) in [5.74, 6) is 0.635. The summed E-state index contributed by atoms with van der Waals surface area (Å²) in [5, 5.41) is 0.650. The molecular weight excluding hydrogens is 364 g/mol. The van der Waals surface area contributed by atoms with E-state index in [9.17, 15) is 9.59 Å². The smallest absolute Gasteiger partial charge is 0.305 e. The topological polar surface area (TPSA) is 72.7 Å². The zero-order chi connectivity index (χ0) is 19.1. The Hall–Kier alpha value is -3.12. The molecule has 1 N–H and O–H groups in total. The highest BCUT2D eigenvalue weighted by atomic mass is 35.5. The van der Waals surface area contributed by atoms with Crippen LogP contribution in [0.25, 0.3) is 22.6 Å². The third-order valence-electron chi connectivity index (χ3n) is 4.53. The molecule has 0 spiro atoms. The van der Waals surface area contributed by atoms with Gasteiger partial charge < -0.3 is 4.57 Å². The number of nitrogens with one attached hydrogen (secondary N) is 1. The van der Waals surface area contributed by atoms with Crippen molar-refractivity contribution < 1.29 is 0 Å². The molecule has 2 aromatic heterocycles. The summed E-state index contributed by atoms with van der Waals surface area (Å²) in [7, 11) is 1.63. The van der Waals surface area contributed by atoms with Crippen molar-refractivity contribution in [1.29, 1.82) is 0 Å². The van der Waals surface area contributed by atoms with Crippen molar-refractivity contribution in [3.8, 4) is 11.4 Å². The molecule has 0 bridgehead atoms. The highest BCUT2D eigenvalue weighted by molar-refractivity contribution is 6.30. The molecule has 7 heteroatoms. The average molecular weight is 381 g/mol. The van der Waals surface area contributed by atoms with Crippen LogP contribution in [0.4, 0.5) is 0 Å². The Morgan fingerprint density at radius 2 is 1.85 bits per heavy atom. The first kappa shape index (κ1) is 17.3. The van der Waals surface area contributed by atoms with Gasteiger partial charge in [0.2, 0.25) is 0 Å². The largest absolute Gasteiger partial charge is 0.329 e. The molecule has 2 heterocycles. The molecule has 0 saturated heterocycles. The second kappa shape index (κ2) is 6.55. The maximum Gasteiger partial charge on any atom is 0.329 e. The van der Waals surface area contributed by atoms with Crippen molar-refractivity contribution >= 4 is 22.8 Å². The van der Waals surface area contributed by atoms with Gasteiger partial charge in [-0.3, -0.25) is 14.3 Å². The van der Waals surface area contributed by atoms with E-state index in [0.29, 0.717) is 23.0 Å². The van der Waals surface area contributed by atoms with Crippen molar-refractivity contribution in [3.63, 3.8) is 0 Å². The molecule has 0 aliphatic heterocycles. The van der Waals surface area contributed by atoms with Gasteiger partial charge in [-0.2, -0.15) is 0 Å². The SMILES string of the molecule is Cc1cccc(-c2nc3c(=O)[nH]c(=O)n(C)c3n2Cc2ccc(Cl)cc2)c1. The van der Waals surface area contributed by atoms with Gasteiger partial charge in [-0.1, -0.05) is 47.5 Å². The van der Waals surface area contributed by atoms with Crippen molar-refractivity contribution in [2.45, 2.75) is 13.5 Å². The minimum atomic E-state index is -0.489. The minimum absolute atomic E-state index is 0.238. The van der Waals surface area contributed by atoms with E-state index in [2.05, 4.69) is 9.97 Å². The van der Waals surface area contributed by atoms with Crippen molar-refractivity contribution in [2.24, 2.45) is 7.05 Å². The fourth-order valence-corrected chi connectivity index (χ4v) is 3.33. The highest BCUT2D eigenvalue weighted by Gasteiger charge is 2.18. The summed E-state index contributed by atoms with van der Waals surface area (Å²) in [6.45, 7) is 2.45. The summed E-state index contributed by atoms with van der Waals surface area (Å²) in [6.07, 6.45) is 0. The van der Waals surface area contributed by atoms with E-state index in [1.165, 1.54) is 4.57 Å². The molecule has 27 heavy (non-hydrogen) atoms. The molecule has 0 aliphatic carbocycles. The molecule has 0 unspecified atom stereocenters. The average Bonchev–Trinajstić information content (AvgIpc) is 3.02. The molecular formula is C20H17ClN4O2. The lowest BCUT2D eigenvalue weighted by molar-refractivity contribution is 0.758. The predicted octanol–water partition coefficient (Wildman–Crippen LogP) is 3.10. The van der Waals surface area contributed by atoms with Crippen LogP contribution in [0.15, 0.2) is 58.1 Å². The Labute approximate surface area is 159 Å². The first-order valence-corrected chi connectivity index (χ1v) is 8.83. The van der Waals surface area contributed by atoms with Gasteiger partial charge in [0.05, 0.1) is 6.54 Å². The third kappa shape index (κ3) is 3.08. The van der Waals surface area contributed by atoms with Crippen molar-refractivity contribution in [1.82, 2.24) is 19.1 Å². The Bertz CT molecular complexity index is 1270. The predicted molar refractivity (Wildman–Crippen MR) is 106 cm³/mol. The maximum absolute atomic E-state index is 12.4. The van der Waals surface area contributed by atoms with E-state index in [-0.39, 0.29) is 5.52 Å². The Balaban J connectivity index is 2.03. The quantitative estimate of drug-likeness (QED) is 0.593. The first-order valence-electron chi connectivity index (χ1n) is 8.45. The van der Waals surface area contributed by atoms with Crippen LogP contribution >= 0.6 is 11.6 Å². The van der Waals surface area contributed by atoms with Crippen LogP contribution in [-0.2, 0) is 13.6 Å². The fraction of sp³-hybridized carbons (Fsp3) is 0.150. The summed E-state index contributed by atoms with van der Waals surface area (Å²) in [5.41, 5.74) is 2.71. The maximum atomic E-state index is 12.4. The number of aromatic nitrogens is 4. The normalized spacial score (nSPS) is 11.2. The summed E-state index contributed by atoms with van der Waals surface area (Å²) < 4.78 is 3.31. The lowest BCUT2D eigenvalue weighted by Gasteiger charge is -2.11. The number of aromatic amines is 1. The number of hydrogen-bond donors (Lipinski definition) is 1. The molecule has 4 aromatic rings. The Kier molecular flexibility index (Phi) is 4.20. The van der Waals surface area contributed by atoms with Gasteiger partial charge in [-0.15, -0.1) is 0 Å². The molecule has 0 saturated carbocycles. The summed E-state index contributed by atoms with van der Waals surface area (Å²) in [4.78, 5) is 31.4. The van der Waals surface area contributed by atoms with Gasteiger partial charge in [-0.25, -0.2) is 9.78 Å². The molecule has 136 valence electrons. The van der Waals surface area contributed by atoms with Gasteiger partial charge in [0, 0.05) is 17.6 Å². The lowest BCUT2D eigenvalue weighted by atomic mass is 10.1. The lowest BCUT2D eigenvalue weighted by Crippen LogP contribution is -2.29. The molecule has 0 atom stereocenters. The van der Waals surface area contributed by atoms with Crippen LogP contribution in [-0.4, -0.2) is 19.1 Å². The van der Waals surface area contributed by atoms with E-state index in [1.54, 1.807) is 7.05 Å². The number of nitrogens with zero attached hydrogens (tertiary/aromatic N) is 3. The number of benzene rings is 2. The summed E-state index contributed by atoms with van der Waals surface area (Å²) in [6, 6.07) is 15.4. The molecule has 6 nitrogen and oxygen atoms in total. The van der Waals surface area contributed by atoms with E-state index >= 15 is 0 Å². The van der Waals surface area contributed by atoms with Crippen molar-refractivity contribution in [3.05, 3.63) is 85.5 Å². The van der Waals surface area contributed by atoms with Crippen molar-refractivity contribution in [2.75, 3.05) is 0 Å². The third-order valence-corrected chi connectivity index (χ3v) is 4.78. The number of imidazole rings is 1. The zero-order valence-electron chi connectivity index (χ0n) is 14.9. The Morgan fingerprint density at radius 1 is 1.11 bits per heavy atom. The molecule has 0 fully saturated rings. The molecule has 0 radical (unpaired) electrons. The van der Waals surface area contributed by atoms with E-state index < -0.39 is 11.2 Å². The van der Waals surface area contributed by atoms with Crippen LogP contribution in [0.5, 0.6) is 0 Å². The fourth-order valence-electron chi connectivity index (χ4n) is 3.20. The number of fused-ring (bicyclic) bond motifs is 1. The van der Waals surface area contributed by atoms with E-state index in [1.807, 2.05) is 60.0 Å². The zero-order valence-corrected chi connectivity index (χ0v) is 15.6. The van der Waals surface area contributed by atoms with Crippen LogP contribution in [0.2, 0.25) is 5.02 Å². The monoisotopic (exact) mass is 380 g/mol. The van der Waals surface area contributed by atoms with Crippen LogP contribution in [0.3, 0.4) is 0 Å². The second-order valence-corrected chi connectivity index (χ2v) is 6.94.